The van der Waals surface area contributed by atoms with E-state index in [-0.39, 0.29) is 99.1 Å². The van der Waals surface area contributed by atoms with E-state index < -0.39 is 99.0 Å². The zero-order chi connectivity index (χ0) is 78.4. The summed E-state index contributed by atoms with van der Waals surface area (Å²) in [4.78, 5) is 8.95. The van der Waals surface area contributed by atoms with Gasteiger partial charge in [-0.15, -0.1) is 0 Å². The number of para-hydroxylation sites is 3. The highest BCUT2D eigenvalue weighted by molar-refractivity contribution is 6.09. The van der Waals surface area contributed by atoms with Crippen LogP contribution >= 0.6 is 0 Å². The minimum absolute atomic E-state index is 0.000355. The summed E-state index contributed by atoms with van der Waals surface area (Å²) in [5.41, 5.74) is 3.64. The van der Waals surface area contributed by atoms with Gasteiger partial charge in [0.25, 0.3) is 0 Å². The molecule has 11 aromatic rings. The first kappa shape index (κ1) is 41.5. The van der Waals surface area contributed by atoms with Crippen molar-refractivity contribution in [3.8, 4) is 61.8 Å². The largest absolute Gasteiger partial charge is 0.457 e. The van der Waals surface area contributed by atoms with Crippen LogP contribution in [0.4, 0.5) is 22.7 Å². The summed E-state index contributed by atoms with van der Waals surface area (Å²) in [5.74, 6) is 0.900. The van der Waals surface area contributed by atoms with Crippen molar-refractivity contribution in [3.05, 3.63) is 239 Å². The highest BCUT2D eigenvalue weighted by Crippen LogP contribution is 2.54. The Balaban J connectivity index is 1.01. The van der Waals surface area contributed by atoms with Crippen molar-refractivity contribution in [1.29, 1.82) is 0 Å². The summed E-state index contributed by atoms with van der Waals surface area (Å²) in [6, 6.07) is 21.8. The van der Waals surface area contributed by atoms with E-state index >= 15 is 0 Å². The van der Waals surface area contributed by atoms with Crippen molar-refractivity contribution in [3.63, 3.8) is 0 Å². The van der Waals surface area contributed by atoms with Crippen LogP contribution in [0.1, 0.15) is 182 Å². The molecular weight excluding hydrogens is 1080 g/mol. The first-order valence-corrected chi connectivity index (χ1v) is 30.8. The number of anilines is 4. The van der Waals surface area contributed by atoms with Gasteiger partial charge >= 0.3 is 0 Å². The molecule has 0 amide bonds. The molecule has 2 aromatic heterocycles. The summed E-state index contributed by atoms with van der Waals surface area (Å²) >= 11 is 0. The molecule has 13 rings (SSSR count). The zero-order valence-electron chi connectivity index (χ0n) is 72.1. The van der Waals surface area contributed by atoms with Crippen molar-refractivity contribution < 1.29 is 29.4 Å². The summed E-state index contributed by atoms with van der Waals surface area (Å²) in [6.45, 7) is 31.9. The predicted octanol–water partition coefficient (Wildman–Crippen LogP) is 23.4. The van der Waals surface area contributed by atoms with Gasteiger partial charge in [0.15, 0.2) is 0 Å². The van der Waals surface area contributed by atoms with E-state index in [1.54, 1.807) is 34.9 Å². The molecule has 0 atom stereocenters. The second-order valence-corrected chi connectivity index (χ2v) is 29.4. The van der Waals surface area contributed by atoms with Crippen LogP contribution in [0.2, 0.25) is 0 Å². The summed E-state index contributed by atoms with van der Waals surface area (Å²) in [6.07, 6.45) is 2.89. The first-order valence-electron chi connectivity index (χ1n) is 39.8. The highest BCUT2D eigenvalue weighted by Gasteiger charge is 2.39. The summed E-state index contributed by atoms with van der Waals surface area (Å²) < 4.78 is 179. The standard InChI is InChI=1S/C84H88N4O/c1-79(2,3)59-43-58(44-60(46-59)80(4,5)6)54-33-35-56(36-34-54)67-47-61(81(7,8)9)48-68(57-37-40-70-72(45-57)84(15,16)42-41-83(70,13)14)78(67)87-53-86(74-31-22-23-32-75(74)87)62-27-24-28-63(49-62)89-64-38-39-66-65-29-20-21-30-73(65)88(76(66)50-64)77-51-71(82(10,11)12)69(52-85-77)55-25-18-17-19-26-55/h17-40,43-52H,41-42,53H2,1-16H3/i17D,18D,19D,20D,21D,25D,26D,29D,30D,33D,34D,35D,36D,37D,40D,43D,44D,45D. The van der Waals surface area contributed by atoms with Gasteiger partial charge in [-0.2, -0.15) is 0 Å². The predicted molar refractivity (Wildman–Crippen MR) is 379 cm³/mol. The molecule has 1 aliphatic heterocycles. The summed E-state index contributed by atoms with van der Waals surface area (Å²) in [5, 5.41) is 0.676. The average Bonchev–Trinajstić information content (AvgIpc) is 1.56. The lowest BCUT2D eigenvalue weighted by atomic mass is 9.63. The monoisotopic (exact) mass is 1190 g/mol. The molecule has 2 aliphatic rings. The van der Waals surface area contributed by atoms with Gasteiger partial charge in [0.05, 0.1) is 52.8 Å². The normalized spacial score (nSPS) is 17.8. The van der Waals surface area contributed by atoms with E-state index in [1.807, 2.05) is 149 Å². The molecule has 9 aromatic carbocycles. The van der Waals surface area contributed by atoms with Crippen LogP contribution in [-0.4, -0.2) is 16.2 Å². The zero-order valence-corrected chi connectivity index (χ0v) is 54.1. The van der Waals surface area contributed by atoms with E-state index in [4.69, 9.17) is 19.3 Å². The fourth-order valence-electron chi connectivity index (χ4n) is 12.4. The van der Waals surface area contributed by atoms with Crippen LogP contribution in [0.15, 0.2) is 206 Å². The van der Waals surface area contributed by atoms with Crippen molar-refractivity contribution >= 4 is 44.6 Å². The Kier molecular flexibility index (Phi) is 10.1. The topological polar surface area (TPSA) is 33.5 Å². The van der Waals surface area contributed by atoms with Gasteiger partial charge in [0, 0.05) is 51.5 Å². The first-order chi connectivity index (χ1) is 49.6. The van der Waals surface area contributed by atoms with E-state index in [2.05, 4.69) is 32.6 Å². The Labute approximate surface area is 555 Å². The third kappa shape index (κ3) is 11.0. The minimum Gasteiger partial charge on any atom is -0.457 e. The van der Waals surface area contributed by atoms with Gasteiger partial charge < -0.3 is 14.5 Å². The lowest BCUT2D eigenvalue weighted by Crippen LogP contribution is -2.33. The molecule has 0 saturated carbocycles. The Morgan fingerprint density at radius 1 is 0.449 bits per heavy atom. The smallest absolute Gasteiger partial charge is 0.137 e. The second-order valence-electron chi connectivity index (χ2n) is 29.4. The molecule has 0 N–H and O–H groups in total. The van der Waals surface area contributed by atoms with Crippen molar-refractivity contribution in [2.45, 2.75) is 156 Å². The van der Waals surface area contributed by atoms with Crippen molar-refractivity contribution in [2.24, 2.45) is 0 Å². The Bertz CT molecular complexity index is 5550. The molecule has 5 heteroatoms. The van der Waals surface area contributed by atoms with Crippen molar-refractivity contribution in [1.82, 2.24) is 9.55 Å². The van der Waals surface area contributed by atoms with Crippen LogP contribution in [0.5, 0.6) is 11.5 Å². The number of aromatic nitrogens is 2. The fourth-order valence-corrected chi connectivity index (χ4v) is 12.4. The molecule has 5 nitrogen and oxygen atoms in total. The number of hydrogen-bond donors (Lipinski definition) is 0. The molecule has 0 unspecified atom stereocenters. The maximum absolute atomic E-state index is 10.6. The number of fused-ring (bicyclic) bond motifs is 5. The van der Waals surface area contributed by atoms with Crippen LogP contribution in [0.3, 0.4) is 0 Å². The Hall–Kier alpha value is -8.67. The van der Waals surface area contributed by atoms with Gasteiger partial charge in [-0.3, -0.25) is 4.57 Å². The number of rotatable bonds is 9. The third-order valence-corrected chi connectivity index (χ3v) is 17.8. The summed E-state index contributed by atoms with van der Waals surface area (Å²) in [7, 11) is 0. The van der Waals surface area contributed by atoms with Crippen molar-refractivity contribution in [2.75, 3.05) is 16.5 Å². The van der Waals surface area contributed by atoms with E-state index in [9.17, 15) is 15.1 Å². The Morgan fingerprint density at radius 2 is 1.03 bits per heavy atom. The van der Waals surface area contributed by atoms with Gasteiger partial charge in [0.1, 0.15) is 24.0 Å². The molecule has 0 saturated heterocycles. The number of pyridine rings is 1. The molecule has 3 heterocycles. The molecule has 0 fully saturated rings. The van der Waals surface area contributed by atoms with Gasteiger partial charge in [-0.1, -0.05) is 238 Å². The average molecular weight is 1190 g/mol. The fraction of sp³-hybridized carbons (Fsp3) is 0.298. The molecule has 0 spiro atoms. The van der Waals surface area contributed by atoms with E-state index in [1.165, 1.54) is 6.20 Å². The minimum atomic E-state index is -0.734. The molecule has 450 valence electrons. The molecule has 0 radical (unpaired) electrons. The number of ether oxygens (including phenoxy) is 1. The van der Waals surface area contributed by atoms with E-state index in [0.29, 0.717) is 96.1 Å². The molecule has 89 heavy (non-hydrogen) atoms. The van der Waals surface area contributed by atoms with E-state index in [0.717, 1.165) is 6.42 Å². The quantitative estimate of drug-likeness (QED) is 0.144. The molecule has 0 bridgehead atoms. The van der Waals surface area contributed by atoms with Gasteiger partial charge in [0.2, 0.25) is 0 Å². The van der Waals surface area contributed by atoms with Crippen LogP contribution in [-0.2, 0) is 32.5 Å². The number of nitrogens with zero attached hydrogens (tertiary/aromatic N) is 4. The van der Waals surface area contributed by atoms with Gasteiger partial charge in [-0.05, 0) is 167 Å². The Morgan fingerprint density at radius 3 is 1.70 bits per heavy atom. The molecular formula is C84H88N4O. The lowest BCUT2D eigenvalue weighted by Gasteiger charge is -2.42. The second kappa shape index (κ2) is 21.5. The maximum atomic E-state index is 10.6. The van der Waals surface area contributed by atoms with Gasteiger partial charge in [-0.25, -0.2) is 4.98 Å². The number of hydrogen-bond acceptors (Lipinski definition) is 4. The third-order valence-electron chi connectivity index (χ3n) is 17.8. The number of benzene rings is 9. The van der Waals surface area contributed by atoms with Crippen LogP contribution in [0, 0.1) is 0 Å². The lowest BCUT2D eigenvalue weighted by molar-refractivity contribution is 0.332. The molecule has 1 aliphatic carbocycles. The van der Waals surface area contributed by atoms with Crippen LogP contribution in [0.25, 0.3) is 72.1 Å². The highest BCUT2D eigenvalue weighted by atomic mass is 16.5. The van der Waals surface area contributed by atoms with Crippen LogP contribution < -0.4 is 14.5 Å². The SMILES string of the molecule is [2H]c1c([2H])c([2H])c(-c2cnc(-n3c4cc(Oc5cccc(N6CN(c7c(-c8c([2H])c([2H])c(-c9c([2H])c(C(C)(C)C)cc(C(C)(C)C)c9[2H])c([2H])c8[2H])cc(C(C)(C)C)cc7-c7c([2H])c([2H])c8c(c7[2H])C(C)(C)CCC8(C)C)c7ccccc76)c5)ccc4c4c([2H])c([2H])c([2H])c([2H])c43)cc2C(C)(C)C)c([2H])c1[2H]. The maximum Gasteiger partial charge on any atom is 0.137 e.